The van der Waals surface area contributed by atoms with Crippen molar-refractivity contribution in [1.82, 2.24) is 15.1 Å². The van der Waals surface area contributed by atoms with Gasteiger partial charge >= 0.3 is 0 Å². The molecular formula is C16H20FN3O3. The fourth-order valence-corrected chi connectivity index (χ4v) is 2.43. The highest BCUT2D eigenvalue weighted by atomic mass is 19.1. The van der Waals surface area contributed by atoms with Gasteiger partial charge in [-0.05, 0) is 18.1 Å². The summed E-state index contributed by atoms with van der Waals surface area (Å²) in [6.45, 7) is 2.15. The molecule has 0 bridgehead atoms. The lowest BCUT2D eigenvalue weighted by Crippen LogP contribution is -2.49. The minimum absolute atomic E-state index is 0.224. The lowest BCUT2D eigenvalue weighted by molar-refractivity contribution is -0.138. The second kappa shape index (κ2) is 8.26. The van der Waals surface area contributed by atoms with Gasteiger partial charge in [0.25, 0.3) is 0 Å². The van der Waals surface area contributed by atoms with E-state index in [2.05, 4.69) is 5.32 Å². The van der Waals surface area contributed by atoms with E-state index >= 15 is 0 Å². The van der Waals surface area contributed by atoms with Crippen molar-refractivity contribution >= 4 is 18.2 Å². The Kier molecular flexibility index (Phi) is 6.08. The normalized spacial score (nSPS) is 14.5. The molecule has 7 heteroatoms. The third-order valence-corrected chi connectivity index (χ3v) is 3.80. The van der Waals surface area contributed by atoms with Crippen LogP contribution in [0.15, 0.2) is 24.3 Å². The molecule has 0 aliphatic carbocycles. The number of benzene rings is 1. The number of piperazine rings is 1. The molecule has 1 fully saturated rings. The number of nitrogens with one attached hydrogen (secondary N) is 1. The molecule has 1 aliphatic rings. The molecule has 2 rings (SSSR count). The van der Waals surface area contributed by atoms with Crippen LogP contribution in [0.3, 0.4) is 0 Å². The van der Waals surface area contributed by atoms with Gasteiger partial charge in [-0.25, -0.2) is 4.39 Å². The van der Waals surface area contributed by atoms with Gasteiger partial charge in [0, 0.05) is 32.7 Å². The van der Waals surface area contributed by atoms with Gasteiger partial charge in [0.1, 0.15) is 12.2 Å². The molecule has 0 unspecified atom stereocenters. The zero-order valence-electron chi connectivity index (χ0n) is 12.8. The number of amides is 3. The van der Waals surface area contributed by atoms with Crippen molar-refractivity contribution in [2.24, 2.45) is 0 Å². The van der Waals surface area contributed by atoms with E-state index in [0.717, 1.165) is 6.41 Å². The van der Waals surface area contributed by atoms with E-state index < -0.39 is 0 Å². The summed E-state index contributed by atoms with van der Waals surface area (Å²) in [4.78, 5) is 37.5. The summed E-state index contributed by atoms with van der Waals surface area (Å²) in [5.41, 5.74) is 0.532. The predicted octanol–water partition coefficient (Wildman–Crippen LogP) is 0.175. The van der Waals surface area contributed by atoms with E-state index in [1.807, 2.05) is 0 Å². The Morgan fingerprint density at radius 3 is 2.52 bits per heavy atom. The predicted molar refractivity (Wildman–Crippen MR) is 81.9 cm³/mol. The van der Waals surface area contributed by atoms with E-state index in [0.29, 0.717) is 38.2 Å². The maximum atomic E-state index is 13.4. The monoisotopic (exact) mass is 321 g/mol. The molecular weight excluding hydrogens is 301 g/mol. The Morgan fingerprint density at radius 1 is 1.17 bits per heavy atom. The maximum absolute atomic E-state index is 13.4. The molecule has 0 spiro atoms. The summed E-state index contributed by atoms with van der Waals surface area (Å²) >= 11 is 0. The molecule has 1 saturated heterocycles. The molecule has 3 amide bonds. The lowest BCUT2D eigenvalue weighted by atomic mass is 10.1. The van der Waals surface area contributed by atoms with Gasteiger partial charge < -0.3 is 15.1 Å². The van der Waals surface area contributed by atoms with Crippen molar-refractivity contribution in [1.29, 1.82) is 0 Å². The summed E-state index contributed by atoms with van der Waals surface area (Å²) in [7, 11) is 0. The van der Waals surface area contributed by atoms with Crippen molar-refractivity contribution in [2.45, 2.75) is 12.8 Å². The van der Waals surface area contributed by atoms with Crippen molar-refractivity contribution in [2.75, 3.05) is 32.7 Å². The highest BCUT2D eigenvalue weighted by Gasteiger charge is 2.21. The third kappa shape index (κ3) is 5.05. The largest absolute Gasteiger partial charge is 0.355 e. The molecule has 6 nitrogen and oxygen atoms in total. The van der Waals surface area contributed by atoms with Crippen LogP contribution in [0.25, 0.3) is 0 Å². The van der Waals surface area contributed by atoms with E-state index in [9.17, 15) is 18.8 Å². The van der Waals surface area contributed by atoms with Gasteiger partial charge in [-0.15, -0.1) is 0 Å². The molecule has 0 radical (unpaired) electrons. The van der Waals surface area contributed by atoms with Gasteiger partial charge in [-0.2, -0.15) is 0 Å². The van der Waals surface area contributed by atoms with E-state index in [4.69, 9.17) is 0 Å². The highest BCUT2D eigenvalue weighted by molar-refractivity contribution is 5.96. The van der Waals surface area contributed by atoms with Crippen molar-refractivity contribution in [3.8, 4) is 0 Å². The Bertz CT molecular complexity index is 571. The molecule has 1 aromatic rings. The van der Waals surface area contributed by atoms with Crippen LogP contribution in [-0.2, 0) is 20.8 Å². The average molecular weight is 321 g/mol. The van der Waals surface area contributed by atoms with Gasteiger partial charge in [0.2, 0.25) is 18.2 Å². The minimum atomic E-state index is -0.371. The molecule has 1 aromatic carbocycles. The van der Waals surface area contributed by atoms with Gasteiger partial charge in [-0.3, -0.25) is 14.4 Å². The van der Waals surface area contributed by atoms with Crippen LogP contribution in [0.1, 0.15) is 12.0 Å². The van der Waals surface area contributed by atoms with Gasteiger partial charge in [0.05, 0.1) is 0 Å². The van der Waals surface area contributed by atoms with Crippen LogP contribution < -0.4 is 5.32 Å². The van der Waals surface area contributed by atoms with Crippen LogP contribution in [0, 0.1) is 5.82 Å². The maximum Gasteiger partial charge on any atom is 0.232 e. The van der Waals surface area contributed by atoms with Crippen LogP contribution in [0.2, 0.25) is 0 Å². The second-order valence-electron chi connectivity index (χ2n) is 5.39. The molecule has 23 heavy (non-hydrogen) atoms. The third-order valence-electron chi connectivity index (χ3n) is 3.80. The molecule has 1 heterocycles. The molecule has 0 aromatic heterocycles. The van der Waals surface area contributed by atoms with Crippen LogP contribution in [0.4, 0.5) is 4.39 Å². The fraction of sp³-hybridized carbons (Fsp3) is 0.438. The molecule has 1 aliphatic heterocycles. The quantitative estimate of drug-likeness (QED) is 0.600. The number of carbonyl (C=O) groups excluding carboxylic acids is 3. The SMILES string of the molecule is O=CN1CCN(C(=O)CC(=O)NCCc2ccccc2F)CC1. The summed E-state index contributed by atoms with van der Waals surface area (Å²) in [6, 6.07) is 6.39. The van der Waals surface area contributed by atoms with Crippen molar-refractivity contribution in [3.05, 3.63) is 35.6 Å². The number of hydrogen-bond acceptors (Lipinski definition) is 3. The zero-order valence-corrected chi connectivity index (χ0v) is 12.8. The lowest BCUT2D eigenvalue weighted by Gasteiger charge is -2.32. The fourth-order valence-electron chi connectivity index (χ4n) is 2.43. The number of halogens is 1. The van der Waals surface area contributed by atoms with E-state index in [1.54, 1.807) is 28.0 Å². The summed E-state index contributed by atoms with van der Waals surface area (Å²) < 4.78 is 13.4. The number of hydrogen-bond donors (Lipinski definition) is 1. The van der Waals surface area contributed by atoms with Crippen LogP contribution >= 0.6 is 0 Å². The smallest absolute Gasteiger partial charge is 0.232 e. The van der Waals surface area contributed by atoms with Crippen LogP contribution in [0.5, 0.6) is 0 Å². The molecule has 0 atom stereocenters. The van der Waals surface area contributed by atoms with E-state index in [1.165, 1.54) is 6.07 Å². The number of carbonyl (C=O) groups is 3. The highest BCUT2D eigenvalue weighted by Crippen LogP contribution is 2.06. The number of rotatable bonds is 6. The summed E-state index contributed by atoms with van der Waals surface area (Å²) in [6.07, 6.45) is 0.917. The average Bonchev–Trinajstić information content (AvgIpc) is 2.56. The van der Waals surface area contributed by atoms with Crippen LogP contribution in [-0.4, -0.2) is 60.7 Å². The zero-order chi connectivity index (χ0) is 16.7. The van der Waals surface area contributed by atoms with Crippen molar-refractivity contribution < 1.29 is 18.8 Å². The number of nitrogens with zero attached hydrogens (tertiary/aromatic N) is 2. The summed E-state index contributed by atoms with van der Waals surface area (Å²) in [5.74, 6) is -0.922. The Hall–Kier alpha value is -2.44. The molecule has 0 saturated carbocycles. The van der Waals surface area contributed by atoms with Crippen molar-refractivity contribution in [3.63, 3.8) is 0 Å². The Balaban J connectivity index is 1.69. The minimum Gasteiger partial charge on any atom is -0.355 e. The first-order valence-corrected chi connectivity index (χ1v) is 7.57. The van der Waals surface area contributed by atoms with Gasteiger partial charge in [0.15, 0.2) is 0 Å². The first-order chi connectivity index (χ1) is 11.1. The molecule has 1 N–H and O–H groups in total. The topological polar surface area (TPSA) is 69.7 Å². The second-order valence-corrected chi connectivity index (χ2v) is 5.39. The first-order valence-electron chi connectivity index (χ1n) is 7.57. The standard InChI is InChI=1S/C16H20FN3O3/c17-14-4-2-1-3-13(14)5-6-18-15(22)11-16(23)20-9-7-19(12-21)8-10-20/h1-4,12H,5-11H2,(H,18,22). The Labute approximate surface area is 134 Å². The molecule has 124 valence electrons. The summed E-state index contributed by atoms with van der Waals surface area (Å²) in [5, 5.41) is 2.63. The van der Waals surface area contributed by atoms with Gasteiger partial charge in [-0.1, -0.05) is 18.2 Å². The Morgan fingerprint density at radius 2 is 1.87 bits per heavy atom. The first kappa shape index (κ1) is 16.9. The van der Waals surface area contributed by atoms with E-state index in [-0.39, 0.29) is 30.6 Å².